The lowest BCUT2D eigenvalue weighted by molar-refractivity contribution is -0.385. The van der Waals surface area contributed by atoms with Crippen LogP contribution in [-0.4, -0.2) is 21.1 Å². The van der Waals surface area contributed by atoms with Gasteiger partial charge in [-0.05, 0) is 54.6 Å². The van der Waals surface area contributed by atoms with Crippen molar-refractivity contribution in [2.75, 3.05) is 0 Å². The van der Waals surface area contributed by atoms with Crippen LogP contribution in [0, 0.1) is 17.0 Å². The summed E-state index contributed by atoms with van der Waals surface area (Å²) in [5.41, 5.74) is 1.74. The third-order valence-electron chi connectivity index (χ3n) is 3.66. The number of hydrogen-bond donors (Lipinski definition) is 2. The first-order valence-electron chi connectivity index (χ1n) is 7.93. The number of nitrogens with one attached hydrogen (secondary N) is 1. The summed E-state index contributed by atoms with van der Waals surface area (Å²) in [7, 11) is 0. The number of thioether (sulfide) groups is 1. The molecule has 0 aromatic heterocycles. The number of hydrogen-bond acceptors (Lipinski definition) is 6. The third-order valence-corrected chi connectivity index (χ3v) is 4.59. The van der Waals surface area contributed by atoms with Crippen molar-refractivity contribution in [1.29, 1.82) is 0 Å². The van der Waals surface area contributed by atoms with Crippen LogP contribution in [0.25, 0.3) is 6.08 Å². The van der Waals surface area contributed by atoms with Gasteiger partial charge in [-0.1, -0.05) is 24.3 Å². The molecule has 1 heterocycles. The fraction of sp³-hybridized carbons (Fsp3) is 0.0526. The van der Waals surface area contributed by atoms with Gasteiger partial charge in [0.15, 0.2) is 5.17 Å². The number of carbonyl (C=O) groups is 1. The Morgan fingerprint density at radius 1 is 1.26 bits per heavy atom. The Morgan fingerprint density at radius 3 is 2.81 bits per heavy atom. The highest BCUT2D eigenvalue weighted by atomic mass is 32.2. The zero-order valence-electron chi connectivity index (χ0n) is 14.2. The summed E-state index contributed by atoms with van der Waals surface area (Å²) < 4.78 is 0. The van der Waals surface area contributed by atoms with Crippen molar-refractivity contribution >= 4 is 40.3 Å². The molecule has 0 aliphatic carbocycles. The maximum atomic E-state index is 12.1. The summed E-state index contributed by atoms with van der Waals surface area (Å²) in [5.74, 6) is -0.297. The molecular weight excluding hydrogens is 366 g/mol. The first kappa shape index (κ1) is 18.4. The molecular formula is C19H15N3O4S. The number of nitro groups is 1. The van der Waals surface area contributed by atoms with E-state index in [1.54, 1.807) is 54.6 Å². The van der Waals surface area contributed by atoms with Gasteiger partial charge in [-0.15, -0.1) is 0 Å². The Labute approximate surface area is 159 Å². The molecule has 7 nitrogen and oxygen atoms in total. The molecule has 1 amide bonds. The molecule has 136 valence electrons. The molecule has 2 N–H and O–H groups in total. The standard InChI is InChI=1S/C19H15N3O4S/c1-12-9-10-16(23)14(11-12)20-19-21-18(24)17(27-19)8-4-6-13-5-2-3-7-15(13)22(25)26/h2-11,23H,1H3,(H,20,21,24)/b6-4+,17-8-. The SMILES string of the molecule is Cc1ccc(O)c(N=C2NC(=O)/C(=C/C=C/c3ccccc3[N+](=O)[O-])S2)c1. The molecule has 1 aliphatic heterocycles. The molecule has 27 heavy (non-hydrogen) atoms. The Morgan fingerprint density at radius 2 is 2.04 bits per heavy atom. The van der Waals surface area contributed by atoms with E-state index in [2.05, 4.69) is 10.3 Å². The summed E-state index contributed by atoms with van der Waals surface area (Å²) in [6.07, 6.45) is 4.72. The van der Waals surface area contributed by atoms with Crippen molar-refractivity contribution in [2.24, 2.45) is 4.99 Å². The first-order chi connectivity index (χ1) is 12.9. The number of nitrogens with zero attached hydrogens (tertiary/aromatic N) is 2. The van der Waals surface area contributed by atoms with Crippen molar-refractivity contribution in [3.8, 4) is 5.75 Å². The summed E-state index contributed by atoms with van der Waals surface area (Å²) in [4.78, 5) is 27.3. The van der Waals surface area contributed by atoms with Gasteiger partial charge in [0, 0.05) is 6.07 Å². The quantitative estimate of drug-likeness (QED) is 0.472. The highest BCUT2D eigenvalue weighted by molar-refractivity contribution is 8.18. The minimum Gasteiger partial charge on any atom is -0.506 e. The van der Waals surface area contributed by atoms with Crippen molar-refractivity contribution < 1.29 is 14.8 Å². The Bertz CT molecular complexity index is 1010. The first-order valence-corrected chi connectivity index (χ1v) is 8.75. The van der Waals surface area contributed by atoms with E-state index < -0.39 is 4.92 Å². The number of phenolic OH excluding ortho intramolecular Hbond substituents is 1. The van der Waals surface area contributed by atoms with Crippen LogP contribution in [0.2, 0.25) is 0 Å². The number of benzene rings is 2. The van der Waals surface area contributed by atoms with Gasteiger partial charge in [0.2, 0.25) is 0 Å². The molecule has 1 aliphatic rings. The second kappa shape index (κ2) is 7.88. The molecule has 1 saturated heterocycles. The van der Waals surface area contributed by atoms with E-state index in [-0.39, 0.29) is 17.3 Å². The van der Waals surface area contributed by atoms with Crippen molar-refractivity contribution in [1.82, 2.24) is 5.32 Å². The van der Waals surface area contributed by atoms with Crippen molar-refractivity contribution in [3.63, 3.8) is 0 Å². The van der Waals surface area contributed by atoms with E-state index >= 15 is 0 Å². The van der Waals surface area contributed by atoms with Crippen LogP contribution in [0.1, 0.15) is 11.1 Å². The van der Waals surface area contributed by atoms with E-state index in [1.165, 1.54) is 6.07 Å². The number of amides is 1. The molecule has 0 saturated carbocycles. The fourth-order valence-corrected chi connectivity index (χ4v) is 3.15. The van der Waals surface area contributed by atoms with Gasteiger partial charge >= 0.3 is 0 Å². The molecule has 0 unspecified atom stereocenters. The minimum absolute atomic E-state index is 0.00662. The van der Waals surface area contributed by atoms with Gasteiger partial charge in [0.25, 0.3) is 11.6 Å². The number of aromatic hydroxyl groups is 1. The molecule has 8 heteroatoms. The second-order valence-corrected chi connectivity index (χ2v) is 6.70. The second-order valence-electron chi connectivity index (χ2n) is 5.67. The van der Waals surface area contributed by atoms with E-state index in [9.17, 15) is 20.0 Å². The lowest BCUT2D eigenvalue weighted by atomic mass is 10.1. The maximum absolute atomic E-state index is 12.1. The highest BCUT2D eigenvalue weighted by Gasteiger charge is 2.23. The van der Waals surface area contributed by atoms with Crippen LogP contribution in [0.5, 0.6) is 5.75 Å². The number of allylic oxidation sites excluding steroid dienone is 2. The summed E-state index contributed by atoms with van der Waals surface area (Å²) >= 11 is 1.13. The number of para-hydroxylation sites is 1. The van der Waals surface area contributed by atoms with Crippen LogP contribution in [0.15, 0.2) is 64.5 Å². The van der Waals surface area contributed by atoms with E-state index in [1.807, 2.05) is 6.92 Å². The number of aliphatic imine (C=N–C) groups is 1. The highest BCUT2D eigenvalue weighted by Crippen LogP contribution is 2.31. The van der Waals surface area contributed by atoms with Crippen molar-refractivity contribution in [3.05, 3.63) is 80.8 Å². The number of amidine groups is 1. The smallest absolute Gasteiger partial charge is 0.276 e. The lowest BCUT2D eigenvalue weighted by Gasteiger charge is -2.01. The molecule has 2 aromatic rings. The van der Waals surface area contributed by atoms with Crippen LogP contribution in [-0.2, 0) is 4.79 Å². The largest absolute Gasteiger partial charge is 0.506 e. The van der Waals surface area contributed by atoms with Crippen LogP contribution in [0.4, 0.5) is 11.4 Å². The number of carbonyl (C=O) groups excluding carboxylic acids is 1. The number of aryl methyl sites for hydroxylation is 1. The maximum Gasteiger partial charge on any atom is 0.276 e. The Hall–Kier alpha value is -3.39. The molecule has 0 atom stereocenters. The topological polar surface area (TPSA) is 105 Å². The number of nitro benzene ring substituents is 1. The molecule has 0 spiro atoms. The van der Waals surface area contributed by atoms with E-state index in [0.717, 1.165) is 17.3 Å². The van der Waals surface area contributed by atoms with Gasteiger partial charge in [-0.3, -0.25) is 14.9 Å². The van der Waals surface area contributed by atoms with Crippen LogP contribution in [0.3, 0.4) is 0 Å². The van der Waals surface area contributed by atoms with Gasteiger partial charge in [0.05, 0.1) is 15.4 Å². The summed E-state index contributed by atoms with van der Waals surface area (Å²) in [6, 6.07) is 11.4. The average Bonchev–Trinajstić information content (AvgIpc) is 2.98. The van der Waals surface area contributed by atoms with Crippen molar-refractivity contribution in [2.45, 2.75) is 6.92 Å². The molecule has 1 fully saturated rings. The summed E-state index contributed by atoms with van der Waals surface area (Å²) in [6.45, 7) is 1.88. The van der Waals surface area contributed by atoms with E-state index in [0.29, 0.717) is 21.3 Å². The minimum atomic E-state index is -0.455. The average molecular weight is 381 g/mol. The fourth-order valence-electron chi connectivity index (χ4n) is 2.36. The van der Waals surface area contributed by atoms with Gasteiger partial charge in [-0.2, -0.15) is 0 Å². The normalized spacial score (nSPS) is 17.0. The third kappa shape index (κ3) is 4.42. The van der Waals surface area contributed by atoms with E-state index in [4.69, 9.17) is 0 Å². The van der Waals surface area contributed by atoms with Crippen LogP contribution < -0.4 is 5.32 Å². The number of rotatable bonds is 4. The van der Waals surface area contributed by atoms with Crippen LogP contribution >= 0.6 is 11.8 Å². The predicted molar refractivity (Wildman–Crippen MR) is 106 cm³/mol. The Kier molecular flexibility index (Phi) is 5.37. The molecule has 3 rings (SSSR count). The molecule has 0 bridgehead atoms. The van der Waals surface area contributed by atoms with Gasteiger partial charge < -0.3 is 10.4 Å². The molecule has 0 radical (unpaired) electrons. The zero-order valence-corrected chi connectivity index (χ0v) is 15.1. The summed E-state index contributed by atoms with van der Waals surface area (Å²) in [5, 5.41) is 23.9. The lowest BCUT2D eigenvalue weighted by Crippen LogP contribution is -2.19. The monoisotopic (exact) mass is 381 g/mol. The van der Waals surface area contributed by atoms with Gasteiger partial charge in [0.1, 0.15) is 11.4 Å². The van der Waals surface area contributed by atoms with Gasteiger partial charge in [-0.25, -0.2) is 4.99 Å². The molecule has 2 aromatic carbocycles. The zero-order chi connectivity index (χ0) is 19.4. The Balaban J connectivity index is 1.79. The number of phenols is 1. The predicted octanol–water partition coefficient (Wildman–Crippen LogP) is 4.06.